The highest BCUT2D eigenvalue weighted by molar-refractivity contribution is 6.76. The molecule has 0 rings (SSSR count). The first-order chi connectivity index (χ1) is 9.35. The number of allylic oxidation sites excluding steroid dienone is 1. The average Bonchev–Trinajstić information content (AvgIpc) is 2.35. The van der Waals surface area contributed by atoms with Gasteiger partial charge >= 0.3 is 0 Å². The zero-order valence-corrected chi connectivity index (χ0v) is 14.9. The van der Waals surface area contributed by atoms with Crippen LogP contribution in [0, 0.1) is 0 Å². The van der Waals surface area contributed by atoms with Gasteiger partial charge in [-0.2, -0.15) is 0 Å². The second kappa shape index (κ2) is 10.8. The summed E-state index contributed by atoms with van der Waals surface area (Å²) in [6.07, 6.45) is 5.70. The third kappa shape index (κ3) is 13.5. The van der Waals surface area contributed by atoms with Gasteiger partial charge in [0.25, 0.3) is 0 Å². The lowest BCUT2D eigenvalue weighted by Gasteiger charge is -2.17. The van der Waals surface area contributed by atoms with Crippen LogP contribution < -0.4 is 5.32 Å². The molecule has 0 unspecified atom stereocenters. The molecule has 0 fully saturated rings. The maximum atomic E-state index is 5.59. The summed E-state index contributed by atoms with van der Waals surface area (Å²) in [5.41, 5.74) is 0. The van der Waals surface area contributed by atoms with Crippen LogP contribution in [0.25, 0.3) is 0 Å². The van der Waals surface area contributed by atoms with Crippen molar-refractivity contribution in [2.45, 2.75) is 57.8 Å². The molecule has 0 bridgehead atoms. The van der Waals surface area contributed by atoms with Gasteiger partial charge in [-0.1, -0.05) is 39.1 Å². The van der Waals surface area contributed by atoms with Gasteiger partial charge in [-0.05, 0) is 25.5 Å². The molecule has 0 heterocycles. The van der Waals surface area contributed by atoms with E-state index in [2.05, 4.69) is 38.1 Å². The van der Waals surface area contributed by atoms with Crippen molar-refractivity contribution in [1.82, 2.24) is 5.32 Å². The molecular weight excluding hydrogens is 266 g/mol. The molecule has 0 aliphatic heterocycles. The van der Waals surface area contributed by atoms with Crippen molar-refractivity contribution in [2.24, 2.45) is 0 Å². The summed E-state index contributed by atoms with van der Waals surface area (Å²) < 4.78 is 10.6. The van der Waals surface area contributed by atoms with Gasteiger partial charge in [0.05, 0.1) is 19.5 Å². The van der Waals surface area contributed by atoms with Crippen molar-refractivity contribution in [3.05, 3.63) is 24.8 Å². The monoisotopic (exact) mass is 299 g/mol. The number of nitrogens with one attached hydrogen (secondary N) is 1. The first-order valence-corrected chi connectivity index (χ1v) is 11.3. The third-order valence-corrected chi connectivity index (χ3v) is 4.83. The highest BCUT2D eigenvalue weighted by Crippen LogP contribution is 2.09. The Bertz CT molecular complexity index is 285. The predicted molar refractivity (Wildman–Crippen MR) is 90.5 cm³/mol. The van der Waals surface area contributed by atoms with Gasteiger partial charge in [0.15, 0.2) is 5.88 Å². The molecule has 118 valence electrons. The molecule has 4 heteroatoms. The standard InChI is InChI=1S/C16H33NO2Si/c1-15(18-3)11-9-7-8-10-12-17-16(2)19-13-14-20(4,5)6/h17H,1-2,7-14H2,3-6H3. The Morgan fingerprint density at radius 3 is 2.30 bits per heavy atom. The van der Waals surface area contributed by atoms with Crippen LogP contribution in [0.4, 0.5) is 0 Å². The van der Waals surface area contributed by atoms with E-state index < -0.39 is 8.07 Å². The summed E-state index contributed by atoms with van der Waals surface area (Å²) >= 11 is 0. The molecule has 0 saturated carbocycles. The Morgan fingerprint density at radius 1 is 1.05 bits per heavy atom. The highest BCUT2D eigenvalue weighted by Gasteiger charge is 2.12. The minimum Gasteiger partial charge on any atom is -0.502 e. The van der Waals surface area contributed by atoms with Gasteiger partial charge in [0.2, 0.25) is 0 Å². The van der Waals surface area contributed by atoms with Gasteiger partial charge in [-0.25, -0.2) is 0 Å². The molecule has 0 aromatic carbocycles. The summed E-state index contributed by atoms with van der Waals surface area (Å²) in [5, 5.41) is 3.24. The fraction of sp³-hybridized carbons (Fsp3) is 0.750. The summed E-state index contributed by atoms with van der Waals surface area (Å²) in [7, 11) is 0.680. The number of hydrogen-bond acceptors (Lipinski definition) is 3. The smallest absolute Gasteiger partial charge is 0.179 e. The fourth-order valence-corrected chi connectivity index (χ4v) is 2.38. The molecule has 0 aromatic heterocycles. The lowest BCUT2D eigenvalue weighted by molar-refractivity contribution is 0.206. The highest BCUT2D eigenvalue weighted by atomic mass is 28.3. The van der Waals surface area contributed by atoms with Crippen LogP contribution in [0.3, 0.4) is 0 Å². The molecule has 0 amide bonds. The molecule has 0 radical (unpaired) electrons. The van der Waals surface area contributed by atoms with E-state index in [9.17, 15) is 0 Å². The topological polar surface area (TPSA) is 30.5 Å². The predicted octanol–water partition coefficient (Wildman–Crippen LogP) is 4.51. The van der Waals surface area contributed by atoms with Gasteiger partial charge in [-0.3, -0.25) is 0 Å². The van der Waals surface area contributed by atoms with Gasteiger partial charge < -0.3 is 14.8 Å². The molecule has 0 spiro atoms. The molecular formula is C16H33NO2Si. The Kier molecular flexibility index (Phi) is 10.3. The molecule has 3 nitrogen and oxygen atoms in total. The van der Waals surface area contributed by atoms with Crippen molar-refractivity contribution >= 4 is 8.07 Å². The first-order valence-electron chi connectivity index (χ1n) is 7.62. The molecule has 0 saturated heterocycles. The van der Waals surface area contributed by atoms with Crippen molar-refractivity contribution in [3.63, 3.8) is 0 Å². The molecule has 1 N–H and O–H groups in total. The first kappa shape index (κ1) is 19.1. The zero-order chi connectivity index (χ0) is 15.4. The van der Waals surface area contributed by atoms with Crippen LogP contribution in [0.15, 0.2) is 24.8 Å². The Balaban J connectivity index is 3.34. The Labute approximate surface area is 126 Å². The van der Waals surface area contributed by atoms with E-state index >= 15 is 0 Å². The summed E-state index contributed by atoms with van der Waals surface area (Å²) in [4.78, 5) is 0. The van der Waals surface area contributed by atoms with Crippen LogP contribution in [0.2, 0.25) is 25.7 Å². The van der Waals surface area contributed by atoms with Crippen LogP contribution in [-0.2, 0) is 9.47 Å². The summed E-state index contributed by atoms with van der Waals surface area (Å²) in [6.45, 7) is 16.5. The number of unbranched alkanes of at least 4 members (excludes halogenated alkanes) is 3. The molecule has 0 aliphatic carbocycles. The molecule has 20 heavy (non-hydrogen) atoms. The second-order valence-corrected chi connectivity index (χ2v) is 12.0. The molecule has 0 atom stereocenters. The lowest BCUT2D eigenvalue weighted by atomic mass is 10.1. The maximum absolute atomic E-state index is 5.59. The number of rotatable bonds is 13. The van der Waals surface area contributed by atoms with Crippen molar-refractivity contribution in [2.75, 3.05) is 20.3 Å². The largest absolute Gasteiger partial charge is 0.502 e. The van der Waals surface area contributed by atoms with Crippen LogP contribution in [0.1, 0.15) is 32.1 Å². The van der Waals surface area contributed by atoms with Crippen LogP contribution in [0.5, 0.6) is 0 Å². The maximum Gasteiger partial charge on any atom is 0.179 e. The van der Waals surface area contributed by atoms with E-state index in [1.165, 1.54) is 18.9 Å². The Hall–Kier alpha value is -0.903. The Morgan fingerprint density at radius 2 is 1.70 bits per heavy atom. The molecule has 0 aliphatic rings. The van der Waals surface area contributed by atoms with E-state index in [1.807, 2.05) is 0 Å². The number of hydrogen-bond donors (Lipinski definition) is 1. The van der Waals surface area contributed by atoms with Crippen LogP contribution in [-0.4, -0.2) is 28.3 Å². The van der Waals surface area contributed by atoms with E-state index in [0.717, 1.165) is 44.1 Å². The minimum absolute atomic E-state index is 0.719. The average molecular weight is 300 g/mol. The summed E-state index contributed by atoms with van der Waals surface area (Å²) in [6, 6.07) is 1.18. The van der Waals surface area contributed by atoms with Gasteiger partial charge in [0, 0.05) is 21.0 Å². The quantitative estimate of drug-likeness (QED) is 0.308. The van der Waals surface area contributed by atoms with E-state index in [1.54, 1.807) is 7.11 Å². The lowest BCUT2D eigenvalue weighted by Crippen LogP contribution is -2.23. The fourth-order valence-electron chi connectivity index (χ4n) is 1.66. The minimum atomic E-state index is -1.00. The van der Waals surface area contributed by atoms with E-state index in [-0.39, 0.29) is 0 Å². The SMILES string of the molecule is C=C(CCCCCCNC(=C)OCC[Si](C)(C)C)OC. The van der Waals surface area contributed by atoms with Gasteiger partial charge in [-0.15, -0.1) is 0 Å². The summed E-state index contributed by atoms with van der Waals surface area (Å²) in [5.74, 6) is 1.60. The number of ether oxygens (including phenoxy) is 2. The van der Waals surface area contributed by atoms with Crippen molar-refractivity contribution < 1.29 is 9.47 Å². The normalized spacial score (nSPS) is 11.0. The van der Waals surface area contributed by atoms with E-state index in [4.69, 9.17) is 9.47 Å². The van der Waals surface area contributed by atoms with E-state index in [0.29, 0.717) is 0 Å². The van der Waals surface area contributed by atoms with Crippen LogP contribution >= 0.6 is 0 Å². The number of methoxy groups -OCH3 is 1. The van der Waals surface area contributed by atoms with Crippen molar-refractivity contribution in [3.8, 4) is 0 Å². The molecule has 0 aromatic rings. The zero-order valence-electron chi connectivity index (χ0n) is 13.9. The van der Waals surface area contributed by atoms with Gasteiger partial charge in [0.1, 0.15) is 0 Å². The third-order valence-electron chi connectivity index (χ3n) is 3.12. The van der Waals surface area contributed by atoms with Crippen molar-refractivity contribution in [1.29, 1.82) is 0 Å². The second-order valence-electron chi connectivity index (χ2n) is 6.42.